The molecule has 6 rings (SSSR count). The second-order valence-corrected chi connectivity index (χ2v) is 9.69. The molecule has 0 atom stereocenters. The van der Waals surface area contributed by atoms with Crippen LogP contribution in [0.25, 0.3) is 16.6 Å². The van der Waals surface area contributed by atoms with E-state index in [1.54, 1.807) is 12.1 Å². The van der Waals surface area contributed by atoms with Gasteiger partial charge in [0.05, 0.1) is 37.3 Å². The Morgan fingerprint density at radius 1 is 0.844 bits per heavy atom. The minimum Gasteiger partial charge on any atom is -0.487 e. The van der Waals surface area contributed by atoms with E-state index in [9.17, 15) is 14.0 Å². The number of aromatic nitrogens is 3. The molecule has 1 amide bonds. The molecule has 0 spiro atoms. The number of ether oxygens (including phenoxy) is 5. The topological polar surface area (TPSA) is 123 Å². The van der Waals surface area contributed by atoms with Gasteiger partial charge in [-0.1, -0.05) is 0 Å². The summed E-state index contributed by atoms with van der Waals surface area (Å²) in [5.41, 5.74) is 0.133. The third-order valence-electron chi connectivity index (χ3n) is 6.70. The number of nitrogens with zero attached hydrogens (tertiary/aromatic N) is 3. The van der Waals surface area contributed by atoms with Crippen molar-refractivity contribution in [3.63, 3.8) is 0 Å². The Kier molecular flexibility index (Phi) is 8.89. The van der Waals surface area contributed by atoms with Crippen LogP contribution in [0.1, 0.15) is 10.4 Å². The highest BCUT2D eigenvalue weighted by atomic mass is 19.1. The molecule has 230 valence electrons. The lowest BCUT2D eigenvalue weighted by atomic mass is 10.2. The van der Waals surface area contributed by atoms with Crippen LogP contribution in [0.5, 0.6) is 23.1 Å². The Morgan fingerprint density at radius 3 is 2.29 bits per heavy atom. The van der Waals surface area contributed by atoms with E-state index in [2.05, 4.69) is 15.3 Å². The standard InChI is InChI=1S/C32H26F2N4O7/c33-20-3-6-22(7-4-20)38-9-1-2-23(32(38)40)30(39)37-21-5-8-27(25(34)16-21)45-31-24-17-28-29(18-26(24)35-19-36-31)44-15-13-42-11-10-41-12-14-43-28/h1-9,16-19H,10-15H2,(H,37,39). The highest BCUT2D eigenvalue weighted by Gasteiger charge is 2.18. The van der Waals surface area contributed by atoms with Crippen LogP contribution in [0.15, 0.2) is 84.0 Å². The monoisotopic (exact) mass is 616 g/mol. The molecule has 1 aliphatic rings. The predicted molar refractivity (Wildman–Crippen MR) is 159 cm³/mol. The average molecular weight is 617 g/mol. The van der Waals surface area contributed by atoms with E-state index in [0.29, 0.717) is 61.1 Å². The molecule has 0 unspecified atom stereocenters. The zero-order valence-corrected chi connectivity index (χ0v) is 23.7. The molecular formula is C32H26F2N4O7. The number of hydrogen-bond donors (Lipinski definition) is 1. The number of carbonyl (C=O) groups excluding carboxylic acids is 1. The summed E-state index contributed by atoms with van der Waals surface area (Å²) in [5, 5.41) is 2.98. The fourth-order valence-corrected chi connectivity index (χ4v) is 4.53. The summed E-state index contributed by atoms with van der Waals surface area (Å²) in [6, 6.07) is 15.2. The summed E-state index contributed by atoms with van der Waals surface area (Å²) in [4.78, 5) is 34.4. The largest absolute Gasteiger partial charge is 0.487 e. The van der Waals surface area contributed by atoms with E-state index in [4.69, 9.17) is 23.7 Å². The normalized spacial score (nSPS) is 13.8. The second kappa shape index (κ2) is 13.5. The van der Waals surface area contributed by atoms with Gasteiger partial charge >= 0.3 is 0 Å². The molecule has 1 N–H and O–H groups in total. The fourth-order valence-electron chi connectivity index (χ4n) is 4.53. The summed E-state index contributed by atoms with van der Waals surface area (Å²) in [6.07, 6.45) is 2.74. The molecule has 0 fully saturated rings. The first kappa shape index (κ1) is 29.7. The highest BCUT2D eigenvalue weighted by Crippen LogP contribution is 2.37. The van der Waals surface area contributed by atoms with E-state index in [1.165, 1.54) is 65.6 Å². The number of hydrogen-bond acceptors (Lipinski definition) is 9. The minimum atomic E-state index is -0.792. The number of nitrogens with one attached hydrogen (secondary N) is 1. The van der Waals surface area contributed by atoms with Crippen LogP contribution < -0.4 is 25.1 Å². The zero-order valence-electron chi connectivity index (χ0n) is 23.7. The van der Waals surface area contributed by atoms with Crippen LogP contribution in [0.4, 0.5) is 14.5 Å². The first-order valence-electron chi connectivity index (χ1n) is 13.9. The SMILES string of the molecule is O=C(Nc1ccc(Oc2ncnc3cc4c(cc23)OCCOCCOCCO4)c(F)c1)c1cccn(-c2ccc(F)cc2)c1=O. The predicted octanol–water partition coefficient (Wildman–Crippen LogP) is 4.91. The maximum Gasteiger partial charge on any atom is 0.267 e. The Labute approximate surface area is 254 Å². The van der Waals surface area contributed by atoms with Gasteiger partial charge < -0.3 is 29.0 Å². The zero-order chi connectivity index (χ0) is 31.2. The van der Waals surface area contributed by atoms with Crippen LogP contribution in [0, 0.1) is 11.6 Å². The quantitative estimate of drug-likeness (QED) is 0.294. The summed E-state index contributed by atoms with van der Waals surface area (Å²) in [7, 11) is 0. The summed E-state index contributed by atoms with van der Waals surface area (Å²) >= 11 is 0. The highest BCUT2D eigenvalue weighted by molar-refractivity contribution is 6.04. The summed E-state index contributed by atoms with van der Waals surface area (Å²) < 4.78 is 58.3. The molecule has 13 heteroatoms. The van der Waals surface area contributed by atoms with Crippen LogP contribution in [0.2, 0.25) is 0 Å². The Morgan fingerprint density at radius 2 is 1.56 bits per heavy atom. The van der Waals surface area contributed by atoms with Gasteiger partial charge in [-0.25, -0.2) is 18.7 Å². The van der Waals surface area contributed by atoms with Crippen molar-refractivity contribution in [2.24, 2.45) is 0 Å². The van der Waals surface area contributed by atoms with Crippen molar-refractivity contribution in [3.05, 3.63) is 107 Å². The third kappa shape index (κ3) is 6.89. The first-order chi connectivity index (χ1) is 22.0. The van der Waals surface area contributed by atoms with Gasteiger partial charge in [0.25, 0.3) is 11.5 Å². The van der Waals surface area contributed by atoms with Crippen LogP contribution in [-0.2, 0) is 9.47 Å². The van der Waals surface area contributed by atoms with Crippen molar-refractivity contribution >= 4 is 22.5 Å². The van der Waals surface area contributed by atoms with Gasteiger partial charge in [0, 0.05) is 29.7 Å². The van der Waals surface area contributed by atoms with Crippen molar-refractivity contribution < 1.29 is 37.3 Å². The number of rotatable bonds is 5. The third-order valence-corrected chi connectivity index (χ3v) is 6.70. The molecule has 0 radical (unpaired) electrons. The molecule has 2 aromatic heterocycles. The molecule has 0 saturated carbocycles. The maximum atomic E-state index is 15.2. The van der Waals surface area contributed by atoms with E-state index in [1.807, 2.05) is 0 Å². The van der Waals surface area contributed by atoms with Gasteiger partial charge in [0.15, 0.2) is 23.1 Å². The van der Waals surface area contributed by atoms with Crippen LogP contribution in [-0.4, -0.2) is 60.1 Å². The van der Waals surface area contributed by atoms with Crippen LogP contribution >= 0.6 is 0 Å². The Balaban J connectivity index is 1.21. The molecule has 0 aliphatic carbocycles. The Hall–Kier alpha value is -5.40. The number of amides is 1. The maximum absolute atomic E-state index is 15.2. The molecule has 11 nitrogen and oxygen atoms in total. The number of fused-ring (bicyclic) bond motifs is 2. The minimum absolute atomic E-state index is 0.0680. The number of halogens is 2. The van der Waals surface area contributed by atoms with E-state index in [0.717, 1.165) is 6.07 Å². The lowest BCUT2D eigenvalue weighted by Gasteiger charge is -2.16. The smallest absolute Gasteiger partial charge is 0.267 e. The van der Waals surface area contributed by atoms with E-state index in [-0.39, 0.29) is 29.5 Å². The van der Waals surface area contributed by atoms with Crippen molar-refractivity contribution in [2.45, 2.75) is 0 Å². The summed E-state index contributed by atoms with van der Waals surface area (Å²) in [6.45, 7) is 2.16. The van der Waals surface area contributed by atoms with E-state index < -0.39 is 23.1 Å². The molecule has 45 heavy (non-hydrogen) atoms. The second-order valence-electron chi connectivity index (χ2n) is 9.69. The number of pyridine rings is 1. The average Bonchev–Trinajstić information content (AvgIpc) is 3.03. The molecule has 5 aromatic rings. The molecular weight excluding hydrogens is 590 g/mol. The molecule has 0 saturated heterocycles. The van der Waals surface area contributed by atoms with Gasteiger partial charge in [-0.2, -0.15) is 0 Å². The van der Waals surface area contributed by atoms with Gasteiger partial charge in [-0.15, -0.1) is 0 Å². The molecule has 3 heterocycles. The lowest BCUT2D eigenvalue weighted by molar-refractivity contribution is 0.0224. The van der Waals surface area contributed by atoms with Crippen molar-refractivity contribution in [3.8, 4) is 28.8 Å². The number of benzene rings is 3. The Bertz CT molecular complexity index is 1900. The summed E-state index contributed by atoms with van der Waals surface area (Å²) in [5.74, 6) is -1.24. The number of carbonyl (C=O) groups is 1. The number of anilines is 1. The molecule has 3 aromatic carbocycles. The molecule has 0 bridgehead atoms. The van der Waals surface area contributed by atoms with Gasteiger partial charge in [-0.3, -0.25) is 14.2 Å². The fraction of sp³-hybridized carbons (Fsp3) is 0.188. The van der Waals surface area contributed by atoms with Gasteiger partial charge in [0.1, 0.15) is 30.9 Å². The van der Waals surface area contributed by atoms with Crippen molar-refractivity contribution in [2.75, 3.05) is 45.0 Å². The lowest BCUT2D eigenvalue weighted by Crippen LogP contribution is -2.27. The van der Waals surface area contributed by atoms with Crippen molar-refractivity contribution in [1.82, 2.24) is 14.5 Å². The van der Waals surface area contributed by atoms with Crippen molar-refractivity contribution in [1.29, 1.82) is 0 Å². The van der Waals surface area contributed by atoms with E-state index >= 15 is 4.39 Å². The van der Waals surface area contributed by atoms with Gasteiger partial charge in [-0.05, 0) is 54.6 Å². The van der Waals surface area contributed by atoms with Gasteiger partial charge in [0.2, 0.25) is 5.88 Å². The first-order valence-corrected chi connectivity index (χ1v) is 13.9. The molecule has 1 aliphatic heterocycles. The van der Waals surface area contributed by atoms with Crippen LogP contribution in [0.3, 0.4) is 0 Å².